The molecule has 0 aliphatic carbocycles. The summed E-state index contributed by atoms with van der Waals surface area (Å²) in [6.45, 7) is 0.241. The Morgan fingerprint density at radius 3 is 2.44 bits per heavy atom. The first-order valence-corrected chi connectivity index (χ1v) is 5.47. The molecule has 2 aromatic rings. The van der Waals surface area contributed by atoms with Crippen molar-refractivity contribution in [2.75, 3.05) is 12.3 Å². The number of rotatable bonds is 4. The van der Waals surface area contributed by atoms with Gasteiger partial charge in [0.1, 0.15) is 23.9 Å². The maximum atomic E-state index is 5.67. The van der Waals surface area contributed by atoms with Crippen LogP contribution in [0.15, 0.2) is 48.5 Å². The van der Waals surface area contributed by atoms with Crippen LogP contribution in [-0.4, -0.2) is 6.61 Å². The second-order valence-corrected chi connectivity index (χ2v) is 3.64. The maximum Gasteiger partial charge on any atom is 0.148 e. The fourth-order valence-corrected chi connectivity index (χ4v) is 1.42. The van der Waals surface area contributed by atoms with E-state index in [9.17, 15) is 0 Å². The third-order valence-corrected chi connectivity index (χ3v) is 2.24. The Kier molecular flexibility index (Phi) is 3.72. The van der Waals surface area contributed by atoms with E-state index in [1.807, 2.05) is 30.3 Å². The van der Waals surface area contributed by atoms with Gasteiger partial charge in [-0.15, -0.1) is 6.42 Å². The lowest BCUT2D eigenvalue weighted by Gasteiger charge is -2.08. The number of benzene rings is 2. The highest BCUT2D eigenvalue weighted by atomic mass is 16.5. The minimum atomic E-state index is 0.241. The van der Waals surface area contributed by atoms with E-state index in [0.717, 1.165) is 5.75 Å². The Balaban J connectivity index is 2.09. The molecule has 2 N–H and O–H groups in total. The van der Waals surface area contributed by atoms with E-state index < -0.39 is 0 Å². The number of hydrogen-bond acceptors (Lipinski definition) is 3. The topological polar surface area (TPSA) is 44.5 Å². The first-order valence-electron chi connectivity index (χ1n) is 5.47. The summed E-state index contributed by atoms with van der Waals surface area (Å²) >= 11 is 0. The van der Waals surface area contributed by atoms with Gasteiger partial charge < -0.3 is 15.2 Å². The van der Waals surface area contributed by atoms with Crippen LogP contribution in [0.25, 0.3) is 0 Å². The quantitative estimate of drug-likeness (QED) is 0.658. The second-order valence-electron chi connectivity index (χ2n) is 3.64. The van der Waals surface area contributed by atoms with Gasteiger partial charge in [0.05, 0.1) is 0 Å². The molecule has 0 saturated carbocycles. The molecule has 0 aliphatic rings. The number of nitrogen functional groups attached to an aromatic ring is 1. The Hall–Kier alpha value is -2.60. The minimum Gasteiger partial charge on any atom is -0.481 e. The maximum absolute atomic E-state index is 5.67. The predicted molar refractivity (Wildman–Crippen MR) is 71.7 cm³/mol. The van der Waals surface area contributed by atoms with Crippen molar-refractivity contribution in [1.29, 1.82) is 0 Å². The lowest BCUT2D eigenvalue weighted by molar-refractivity contribution is 0.367. The molecule has 90 valence electrons. The first-order chi connectivity index (χ1) is 8.78. The number of terminal acetylenes is 1. The van der Waals surface area contributed by atoms with E-state index >= 15 is 0 Å². The van der Waals surface area contributed by atoms with Crippen molar-refractivity contribution < 1.29 is 9.47 Å². The summed E-state index contributed by atoms with van der Waals surface area (Å²) in [7, 11) is 0. The molecule has 0 saturated heterocycles. The molecule has 2 rings (SSSR count). The minimum absolute atomic E-state index is 0.241. The van der Waals surface area contributed by atoms with E-state index in [1.165, 1.54) is 0 Å². The summed E-state index contributed by atoms with van der Waals surface area (Å²) in [6, 6.07) is 14.5. The number of hydrogen-bond donors (Lipinski definition) is 1. The van der Waals surface area contributed by atoms with Gasteiger partial charge in [0.2, 0.25) is 0 Å². The summed E-state index contributed by atoms with van der Waals surface area (Å²) in [5.74, 6) is 4.51. The molecule has 3 heteroatoms. The summed E-state index contributed by atoms with van der Waals surface area (Å²) in [5, 5.41) is 0. The molecule has 0 unspecified atom stereocenters. The van der Waals surface area contributed by atoms with E-state index in [2.05, 4.69) is 5.92 Å². The van der Waals surface area contributed by atoms with E-state index in [0.29, 0.717) is 17.2 Å². The van der Waals surface area contributed by atoms with Gasteiger partial charge in [-0.2, -0.15) is 0 Å². The average Bonchev–Trinajstić information content (AvgIpc) is 2.40. The van der Waals surface area contributed by atoms with Gasteiger partial charge in [-0.3, -0.25) is 0 Å². The van der Waals surface area contributed by atoms with Crippen LogP contribution in [0, 0.1) is 12.3 Å². The fourth-order valence-electron chi connectivity index (χ4n) is 1.42. The van der Waals surface area contributed by atoms with Crippen molar-refractivity contribution >= 4 is 5.69 Å². The lowest BCUT2D eigenvalue weighted by Crippen LogP contribution is -1.93. The molecule has 0 aliphatic heterocycles. The molecule has 0 radical (unpaired) electrons. The molecule has 0 bridgehead atoms. The first kappa shape index (κ1) is 11.9. The molecule has 18 heavy (non-hydrogen) atoms. The van der Waals surface area contributed by atoms with Gasteiger partial charge in [-0.25, -0.2) is 0 Å². The Morgan fingerprint density at radius 2 is 1.72 bits per heavy atom. The van der Waals surface area contributed by atoms with Gasteiger partial charge in [0.25, 0.3) is 0 Å². The molecule has 3 nitrogen and oxygen atoms in total. The molecule has 0 atom stereocenters. The van der Waals surface area contributed by atoms with Gasteiger partial charge in [-0.1, -0.05) is 12.0 Å². The molecule has 0 heterocycles. The highest BCUT2D eigenvalue weighted by Gasteiger charge is 1.99. The third kappa shape index (κ3) is 3.19. The van der Waals surface area contributed by atoms with Crippen LogP contribution in [0.3, 0.4) is 0 Å². The van der Waals surface area contributed by atoms with Crippen molar-refractivity contribution in [2.45, 2.75) is 0 Å². The van der Waals surface area contributed by atoms with Gasteiger partial charge in [0, 0.05) is 11.8 Å². The number of nitrogens with two attached hydrogens (primary N) is 1. The molecular formula is C15H13NO2. The molecule has 2 aromatic carbocycles. The van der Waals surface area contributed by atoms with Crippen LogP contribution in [-0.2, 0) is 0 Å². The Labute approximate surface area is 106 Å². The average molecular weight is 239 g/mol. The highest BCUT2D eigenvalue weighted by Crippen LogP contribution is 2.25. The van der Waals surface area contributed by atoms with Gasteiger partial charge in [0.15, 0.2) is 0 Å². The smallest absolute Gasteiger partial charge is 0.148 e. The number of ether oxygens (including phenoxy) is 2. The molecule has 0 fully saturated rings. The summed E-state index contributed by atoms with van der Waals surface area (Å²) in [5.41, 5.74) is 6.31. The van der Waals surface area contributed by atoms with Gasteiger partial charge >= 0.3 is 0 Å². The fraction of sp³-hybridized carbons (Fsp3) is 0.0667. The summed E-state index contributed by atoms with van der Waals surface area (Å²) in [4.78, 5) is 0. The Morgan fingerprint density at radius 1 is 1.00 bits per heavy atom. The zero-order chi connectivity index (χ0) is 12.8. The molecule has 0 spiro atoms. The van der Waals surface area contributed by atoms with Crippen molar-refractivity contribution in [3.63, 3.8) is 0 Å². The lowest BCUT2D eigenvalue weighted by atomic mass is 10.3. The standard InChI is InChI=1S/C15H13NO2/c1-2-10-17-14-4-3-5-15(11-14)18-13-8-6-12(16)7-9-13/h1,3-9,11H,10,16H2. The monoisotopic (exact) mass is 239 g/mol. The number of anilines is 1. The van der Waals surface area contributed by atoms with Crippen molar-refractivity contribution in [2.24, 2.45) is 0 Å². The zero-order valence-corrected chi connectivity index (χ0v) is 9.80. The van der Waals surface area contributed by atoms with Crippen molar-refractivity contribution in [3.8, 4) is 29.6 Å². The van der Waals surface area contributed by atoms with Crippen molar-refractivity contribution in [3.05, 3.63) is 48.5 Å². The molecule has 0 aromatic heterocycles. The van der Waals surface area contributed by atoms with Crippen LogP contribution < -0.4 is 15.2 Å². The van der Waals surface area contributed by atoms with Crippen molar-refractivity contribution in [1.82, 2.24) is 0 Å². The zero-order valence-electron chi connectivity index (χ0n) is 9.80. The largest absolute Gasteiger partial charge is 0.481 e. The SMILES string of the molecule is C#CCOc1cccc(Oc2ccc(N)cc2)c1. The summed E-state index contributed by atoms with van der Waals surface area (Å²) < 4.78 is 11.0. The second kappa shape index (κ2) is 5.65. The summed E-state index contributed by atoms with van der Waals surface area (Å²) in [6.07, 6.45) is 5.13. The van der Waals surface area contributed by atoms with E-state index in [4.69, 9.17) is 21.6 Å². The highest BCUT2D eigenvalue weighted by molar-refractivity contribution is 5.43. The Bertz CT molecular complexity index is 555. The normalized spacial score (nSPS) is 9.50. The van der Waals surface area contributed by atoms with Crippen LogP contribution >= 0.6 is 0 Å². The van der Waals surface area contributed by atoms with Crippen LogP contribution in [0.2, 0.25) is 0 Å². The third-order valence-electron chi connectivity index (χ3n) is 2.24. The predicted octanol–water partition coefficient (Wildman–Crippen LogP) is 3.07. The molecule has 0 amide bonds. The van der Waals surface area contributed by atoms with Crippen LogP contribution in [0.5, 0.6) is 17.2 Å². The van der Waals surface area contributed by atoms with E-state index in [-0.39, 0.29) is 6.61 Å². The van der Waals surface area contributed by atoms with Gasteiger partial charge in [-0.05, 0) is 36.4 Å². The van der Waals surface area contributed by atoms with E-state index in [1.54, 1.807) is 18.2 Å². The molecular weight excluding hydrogens is 226 g/mol. The van der Waals surface area contributed by atoms with Crippen LogP contribution in [0.4, 0.5) is 5.69 Å². The van der Waals surface area contributed by atoms with Crippen LogP contribution in [0.1, 0.15) is 0 Å².